The minimum atomic E-state index is -0.861. The highest BCUT2D eigenvalue weighted by Crippen LogP contribution is 2.16. The van der Waals surface area contributed by atoms with Gasteiger partial charge in [-0.25, -0.2) is 0 Å². The number of carbonyl (C=O) groups is 2. The molecule has 0 radical (unpaired) electrons. The standard InChI is InChI=1S/C15H18N2O3/c1-15(2,7-5-13(18)19)17-14(20)11-4-3-10-6-8-16-12(10)9-11/h3-4,6,8-9,16H,5,7H2,1-2H3,(H,17,20)(H,18,19). The van der Waals surface area contributed by atoms with Gasteiger partial charge in [-0.15, -0.1) is 0 Å². The minimum Gasteiger partial charge on any atom is -0.481 e. The maximum atomic E-state index is 12.2. The van der Waals surface area contributed by atoms with Crippen LogP contribution in [-0.4, -0.2) is 27.5 Å². The van der Waals surface area contributed by atoms with Gasteiger partial charge in [0, 0.05) is 29.2 Å². The van der Waals surface area contributed by atoms with Crippen LogP contribution in [0, 0.1) is 0 Å². The van der Waals surface area contributed by atoms with Gasteiger partial charge in [-0.05, 0) is 43.9 Å². The van der Waals surface area contributed by atoms with E-state index in [9.17, 15) is 9.59 Å². The lowest BCUT2D eigenvalue weighted by atomic mass is 9.97. The Balaban J connectivity index is 2.08. The summed E-state index contributed by atoms with van der Waals surface area (Å²) in [7, 11) is 0. The fourth-order valence-electron chi connectivity index (χ4n) is 2.05. The van der Waals surface area contributed by atoms with Crippen LogP contribution in [0.3, 0.4) is 0 Å². The Bertz CT molecular complexity index is 643. The SMILES string of the molecule is CC(C)(CCC(=O)O)NC(=O)c1ccc2cc[nH]c2c1. The van der Waals surface area contributed by atoms with Gasteiger partial charge in [0.25, 0.3) is 5.91 Å². The van der Waals surface area contributed by atoms with Crippen LogP contribution >= 0.6 is 0 Å². The Kier molecular flexibility index (Phi) is 3.79. The predicted molar refractivity (Wildman–Crippen MR) is 76.7 cm³/mol. The minimum absolute atomic E-state index is 0.0307. The van der Waals surface area contributed by atoms with Crippen molar-refractivity contribution in [3.63, 3.8) is 0 Å². The lowest BCUT2D eigenvalue weighted by Gasteiger charge is -2.25. The second-order valence-electron chi connectivity index (χ2n) is 5.51. The number of aromatic amines is 1. The number of carbonyl (C=O) groups excluding carboxylic acids is 1. The predicted octanol–water partition coefficient (Wildman–Crippen LogP) is 2.54. The Morgan fingerprint density at radius 2 is 2.05 bits per heavy atom. The molecule has 2 aromatic rings. The van der Waals surface area contributed by atoms with Crippen molar-refractivity contribution in [3.05, 3.63) is 36.0 Å². The summed E-state index contributed by atoms with van der Waals surface area (Å²) in [4.78, 5) is 25.9. The first-order chi connectivity index (χ1) is 9.37. The van der Waals surface area contributed by atoms with Gasteiger partial charge in [0.15, 0.2) is 0 Å². The van der Waals surface area contributed by atoms with Gasteiger partial charge in [0.2, 0.25) is 0 Å². The molecular formula is C15H18N2O3. The molecule has 1 heterocycles. The van der Waals surface area contributed by atoms with Gasteiger partial charge in [-0.2, -0.15) is 0 Å². The molecule has 5 nitrogen and oxygen atoms in total. The molecule has 1 amide bonds. The molecule has 0 unspecified atom stereocenters. The van der Waals surface area contributed by atoms with Gasteiger partial charge in [0.05, 0.1) is 0 Å². The van der Waals surface area contributed by atoms with Gasteiger partial charge >= 0.3 is 5.97 Å². The van der Waals surface area contributed by atoms with E-state index in [1.165, 1.54) is 0 Å². The number of H-pyrrole nitrogens is 1. The Hall–Kier alpha value is -2.30. The summed E-state index contributed by atoms with van der Waals surface area (Å²) >= 11 is 0. The molecule has 0 aliphatic rings. The zero-order valence-electron chi connectivity index (χ0n) is 11.6. The number of hydrogen-bond acceptors (Lipinski definition) is 2. The number of carboxylic acid groups (broad SMARTS) is 1. The van der Waals surface area contributed by atoms with E-state index >= 15 is 0 Å². The molecule has 2 rings (SSSR count). The average molecular weight is 274 g/mol. The second-order valence-corrected chi connectivity index (χ2v) is 5.51. The van der Waals surface area contributed by atoms with Crippen LogP contribution in [0.5, 0.6) is 0 Å². The highest BCUT2D eigenvalue weighted by molar-refractivity contribution is 5.98. The molecule has 0 aliphatic heterocycles. The fraction of sp³-hybridized carbons (Fsp3) is 0.333. The van der Waals surface area contributed by atoms with Crippen LogP contribution in [0.25, 0.3) is 10.9 Å². The number of amides is 1. The number of hydrogen-bond donors (Lipinski definition) is 3. The summed E-state index contributed by atoms with van der Waals surface area (Å²) in [5.74, 6) is -1.06. The molecule has 3 N–H and O–H groups in total. The lowest BCUT2D eigenvalue weighted by Crippen LogP contribution is -2.43. The Labute approximate surface area is 117 Å². The van der Waals surface area contributed by atoms with E-state index in [0.29, 0.717) is 12.0 Å². The molecule has 5 heteroatoms. The van der Waals surface area contributed by atoms with E-state index in [1.54, 1.807) is 12.1 Å². The number of aromatic nitrogens is 1. The molecular weight excluding hydrogens is 256 g/mol. The van der Waals surface area contributed by atoms with E-state index in [-0.39, 0.29) is 12.3 Å². The van der Waals surface area contributed by atoms with E-state index in [0.717, 1.165) is 10.9 Å². The zero-order chi connectivity index (χ0) is 14.8. The van der Waals surface area contributed by atoms with E-state index in [4.69, 9.17) is 5.11 Å². The number of aliphatic carboxylic acids is 1. The molecule has 0 atom stereocenters. The summed E-state index contributed by atoms with van der Waals surface area (Å²) in [5.41, 5.74) is 0.907. The average Bonchev–Trinajstić information content (AvgIpc) is 2.83. The molecule has 0 saturated carbocycles. The van der Waals surface area contributed by atoms with Gasteiger partial charge in [-0.1, -0.05) is 6.07 Å². The molecule has 0 fully saturated rings. The van der Waals surface area contributed by atoms with E-state index in [2.05, 4.69) is 10.3 Å². The van der Waals surface area contributed by atoms with Crippen molar-refractivity contribution in [3.8, 4) is 0 Å². The van der Waals surface area contributed by atoms with Crippen LogP contribution in [0.4, 0.5) is 0 Å². The van der Waals surface area contributed by atoms with Gasteiger partial charge in [0.1, 0.15) is 0 Å². The smallest absolute Gasteiger partial charge is 0.303 e. The van der Waals surface area contributed by atoms with Crippen LogP contribution in [0.2, 0.25) is 0 Å². The first kappa shape index (κ1) is 14.1. The number of nitrogens with one attached hydrogen (secondary N) is 2. The van der Waals surface area contributed by atoms with Crippen molar-refractivity contribution in [2.45, 2.75) is 32.2 Å². The van der Waals surface area contributed by atoms with Crippen LogP contribution in [-0.2, 0) is 4.79 Å². The topological polar surface area (TPSA) is 82.2 Å². The molecule has 0 saturated heterocycles. The summed E-state index contributed by atoms with van der Waals surface area (Å²) in [6.07, 6.45) is 2.24. The molecule has 0 bridgehead atoms. The number of benzene rings is 1. The molecule has 1 aromatic heterocycles. The van der Waals surface area contributed by atoms with E-state index in [1.807, 2.05) is 32.2 Å². The molecule has 0 spiro atoms. The second kappa shape index (κ2) is 5.36. The molecule has 20 heavy (non-hydrogen) atoms. The van der Waals surface area contributed by atoms with Crippen molar-refractivity contribution in [2.75, 3.05) is 0 Å². The van der Waals surface area contributed by atoms with Crippen molar-refractivity contribution in [1.29, 1.82) is 0 Å². The highest BCUT2D eigenvalue weighted by Gasteiger charge is 2.22. The first-order valence-corrected chi connectivity index (χ1v) is 6.49. The first-order valence-electron chi connectivity index (χ1n) is 6.49. The van der Waals surface area contributed by atoms with Crippen molar-refractivity contribution in [1.82, 2.24) is 10.3 Å². The normalized spacial score (nSPS) is 11.5. The molecule has 106 valence electrons. The molecule has 0 aliphatic carbocycles. The largest absolute Gasteiger partial charge is 0.481 e. The van der Waals surface area contributed by atoms with Crippen molar-refractivity contribution < 1.29 is 14.7 Å². The quantitative estimate of drug-likeness (QED) is 0.783. The summed E-state index contributed by atoms with van der Waals surface area (Å²) in [5, 5.41) is 12.6. The third kappa shape index (κ3) is 3.38. The monoisotopic (exact) mass is 274 g/mol. The van der Waals surface area contributed by atoms with Gasteiger partial charge < -0.3 is 15.4 Å². The van der Waals surface area contributed by atoms with Crippen molar-refractivity contribution in [2.24, 2.45) is 0 Å². The van der Waals surface area contributed by atoms with Gasteiger partial charge in [-0.3, -0.25) is 9.59 Å². The number of fused-ring (bicyclic) bond motifs is 1. The highest BCUT2D eigenvalue weighted by atomic mass is 16.4. The Morgan fingerprint density at radius 1 is 1.30 bits per heavy atom. The number of carboxylic acids is 1. The Morgan fingerprint density at radius 3 is 2.75 bits per heavy atom. The third-order valence-electron chi connectivity index (χ3n) is 3.23. The maximum absolute atomic E-state index is 12.2. The summed E-state index contributed by atoms with van der Waals surface area (Å²) in [6.45, 7) is 3.64. The lowest BCUT2D eigenvalue weighted by molar-refractivity contribution is -0.137. The summed E-state index contributed by atoms with van der Waals surface area (Å²) in [6, 6.07) is 7.37. The van der Waals surface area contributed by atoms with Crippen LogP contribution in [0.15, 0.2) is 30.5 Å². The molecule has 1 aromatic carbocycles. The fourth-order valence-corrected chi connectivity index (χ4v) is 2.05. The summed E-state index contributed by atoms with van der Waals surface area (Å²) < 4.78 is 0. The van der Waals surface area contributed by atoms with Crippen molar-refractivity contribution >= 4 is 22.8 Å². The third-order valence-corrected chi connectivity index (χ3v) is 3.23. The van der Waals surface area contributed by atoms with Crippen LogP contribution in [0.1, 0.15) is 37.0 Å². The maximum Gasteiger partial charge on any atom is 0.303 e. The zero-order valence-corrected chi connectivity index (χ0v) is 11.6. The van der Waals surface area contributed by atoms with Crippen LogP contribution < -0.4 is 5.32 Å². The van der Waals surface area contributed by atoms with E-state index < -0.39 is 11.5 Å². The number of rotatable bonds is 5.